The van der Waals surface area contributed by atoms with Crippen molar-refractivity contribution in [3.8, 4) is 0 Å². The Kier molecular flexibility index (Phi) is 3.65. The third kappa shape index (κ3) is 2.57. The molecule has 0 spiro atoms. The minimum Gasteiger partial charge on any atom is -0.328 e. The second kappa shape index (κ2) is 5.41. The van der Waals surface area contributed by atoms with Gasteiger partial charge in [-0.15, -0.1) is 0 Å². The number of ketones is 1. The van der Waals surface area contributed by atoms with Gasteiger partial charge in [-0.3, -0.25) is 9.78 Å². The molecule has 102 valence electrons. The zero-order valence-corrected chi connectivity index (χ0v) is 11.3. The van der Waals surface area contributed by atoms with E-state index >= 15 is 0 Å². The van der Waals surface area contributed by atoms with Crippen LogP contribution in [0.4, 0.5) is 0 Å². The Bertz CT molecular complexity index is 464. The number of hydrogen-bond donors (Lipinski definition) is 1. The third-order valence-electron chi connectivity index (χ3n) is 4.71. The monoisotopic (exact) mass is 258 g/mol. The van der Waals surface area contributed by atoms with E-state index in [1.54, 1.807) is 0 Å². The van der Waals surface area contributed by atoms with Crippen molar-refractivity contribution in [2.75, 3.05) is 0 Å². The highest BCUT2D eigenvalue weighted by atomic mass is 16.1. The van der Waals surface area contributed by atoms with Crippen LogP contribution in [0.2, 0.25) is 0 Å². The molecule has 0 aromatic carbocycles. The fourth-order valence-electron chi connectivity index (χ4n) is 3.57. The van der Waals surface area contributed by atoms with Gasteiger partial charge in [0.25, 0.3) is 0 Å². The molecule has 1 heterocycles. The van der Waals surface area contributed by atoms with Crippen LogP contribution in [0.5, 0.6) is 0 Å². The summed E-state index contributed by atoms with van der Waals surface area (Å²) in [6.07, 6.45) is 8.92. The molecular weight excluding hydrogens is 236 g/mol. The standard InChI is InChI=1S/C16H22N2O/c17-13-8-6-12(7-9-13)16(19)14-5-1-3-11-4-2-10-18-15(11)14/h2,4,10,12-14H,1,3,5-9,17H2. The number of hydrogen-bond acceptors (Lipinski definition) is 3. The Labute approximate surface area is 114 Å². The van der Waals surface area contributed by atoms with Crippen LogP contribution in [0.1, 0.15) is 55.7 Å². The molecule has 1 saturated carbocycles. The minimum absolute atomic E-state index is 0.0456. The van der Waals surface area contributed by atoms with Crippen molar-refractivity contribution in [2.24, 2.45) is 11.7 Å². The third-order valence-corrected chi connectivity index (χ3v) is 4.71. The highest BCUT2D eigenvalue weighted by molar-refractivity contribution is 5.88. The molecule has 0 radical (unpaired) electrons. The first kappa shape index (κ1) is 12.8. The topological polar surface area (TPSA) is 56.0 Å². The maximum atomic E-state index is 12.7. The van der Waals surface area contributed by atoms with E-state index in [2.05, 4.69) is 11.1 Å². The van der Waals surface area contributed by atoms with E-state index in [-0.39, 0.29) is 11.8 Å². The summed E-state index contributed by atoms with van der Waals surface area (Å²) in [5.41, 5.74) is 8.26. The maximum Gasteiger partial charge on any atom is 0.144 e. The van der Waals surface area contributed by atoms with Crippen molar-refractivity contribution in [3.63, 3.8) is 0 Å². The van der Waals surface area contributed by atoms with Crippen molar-refractivity contribution in [2.45, 2.75) is 56.9 Å². The second-order valence-corrected chi connectivity index (χ2v) is 6.01. The van der Waals surface area contributed by atoms with E-state index in [0.29, 0.717) is 11.8 Å². The number of aryl methyl sites for hydroxylation is 1. The summed E-state index contributed by atoms with van der Waals surface area (Å²) in [7, 11) is 0. The number of carbonyl (C=O) groups excluding carboxylic acids is 1. The first-order chi connectivity index (χ1) is 9.25. The Morgan fingerprint density at radius 3 is 2.79 bits per heavy atom. The van der Waals surface area contributed by atoms with E-state index in [1.807, 2.05) is 12.3 Å². The zero-order chi connectivity index (χ0) is 13.2. The number of nitrogens with two attached hydrogens (primary N) is 1. The molecule has 2 aliphatic rings. The molecule has 2 aliphatic carbocycles. The first-order valence-electron chi connectivity index (χ1n) is 7.49. The predicted molar refractivity (Wildman–Crippen MR) is 74.9 cm³/mol. The van der Waals surface area contributed by atoms with Crippen LogP contribution in [0.15, 0.2) is 18.3 Å². The number of aromatic nitrogens is 1. The number of Topliss-reactive ketones (excluding diaryl/α,β-unsaturated/α-hetero) is 1. The zero-order valence-electron chi connectivity index (χ0n) is 11.3. The molecule has 3 rings (SSSR count). The molecule has 0 saturated heterocycles. The van der Waals surface area contributed by atoms with E-state index in [0.717, 1.165) is 50.6 Å². The van der Waals surface area contributed by atoms with Crippen LogP contribution in [-0.4, -0.2) is 16.8 Å². The Balaban J connectivity index is 1.78. The molecule has 1 unspecified atom stereocenters. The lowest BCUT2D eigenvalue weighted by Crippen LogP contribution is -2.33. The SMILES string of the molecule is NC1CCC(C(=O)C2CCCc3cccnc32)CC1. The summed E-state index contributed by atoms with van der Waals surface area (Å²) in [4.78, 5) is 17.2. The molecule has 3 nitrogen and oxygen atoms in total. The van der Waals surface area contributed by atoms with Gasteiger partial charge in [0.15, 0.2) is 0 Å². The second-order valence-electron chi connectivity index (χ2n) is 6.01. The van der Waals surface area contributed by atoms with E-state index in [1.165, 1.54) is 5.56 Å². The van der Waals surface area contributed by atoms with Crippen LogP contribution in [0.3, 0.4) is 0 Å². The molecule has 3 heteroatoms. The predicted octanol–water partition coefficient (Wildman–Crippen LogP) is 2.59. The van der Waals surface area contributed by atoms with Crippen molar-refractivity contribution < 1.29 is 4.79 Å². The van der Waals surface area contributed by atoms with E-state index in [4.69, 9.17) is 5.73 Å². The van der Waals surface area contributed by atoms with Crippen molar-refractivity contribution in [1.82, 2.24) is 4.98 Å². The van der Waals surface area contributed by atoms with Crippen LogP contribution >= 0.6 is 0 Å². The van der Waals surface area contributed by atoms with Gasteiger partial charge in [-0.25, -0.2) is 0 Å². The Morgan fingerprint density at radius 2 is 2.00 bits per heavy atom. The van der Waals surface area contributed by atoms with Crippen LogP contribution in [0.25, 0.3) is 0 Å². The number of fused-ring (bicyclic) bond motifs is 1. The van der Waals surface area contributed by atoms with Crippen LogP contribution in [0, 0.1) is 5.92 Å². The molecule has 0 amide bonds. The van der Waals surface area contributed by atoms with Gasteiger partial charge in [-0.05, 0) is 56.6 Å². The lowest BCUT2D eigenvalue weighted by molar-refractivity contribution is -0.125. The Hall–Kier alpha value is -1.22. The van der Waals surface area contributed by atoms with Crippen molar-refractivity contribution in [1.29, 1.82) is 0 Å². The minimum atomic E-state index is 0.0456. The van der Waals surface area contributed by atoms with Gasteiger partial charge >= 0.3 is 0 Å². The van der Waals surface area contributed by atoms with Crippen molar-refractivity contribution in [3.05, 3.63) is 29.6 Å². The summed E-state index contributed by atoms with van der Waals surface area (Å²) < 4.78 is 0. The summed E-state index contributed by atoms with van der Waals surface area (Å²) in [5.74, 6) is 0.689. The van der Waals surface area contributed by atoms with Gasteiger partial charge < -0.3 is 5.73 Å². The highest BCUT2D eigenvalue weighted by Gasteiger charge is 2.33. The van der Waals surface area contributed by atoms with Gasteiger partial charge in [0, 0.05) is 18.2 Å². The van der Waals surface area contributed by atoms with Gasteiger partial charge in [0.05, 0.1) is 11.6 Å². The number of carbonyl (C=O) groups is 1. The quantitative estimate of drug-likeness (QED) is 0.887. The molecule has 1 aromatic heterocycles. The molecule has 1 fully saturated rings. The average Bonchev–Trinajstić information content (AvgIpc) is 2.47. The molecule has 0 aliphatic heterocycles. The van der Waals surface area contributed by atoms with Gasteiger partial charge in [0.2, 0.25) is 0 Å². The average molecular weight is 258 g/mol. The first-order valence-corrected chi connectivity index (χ1v) is 7.49. The molecule has 1 atom stereocenters. The van der Waals surface area contributed by atoms with Crippen LogP contribution in [-0.2, 0) is 11.2 Å². The fourth-order valence-corrected chi connectivity index (χ4v) is 3.57. The lowest BCUT2D eigenvalue weighted by Gasteiger charge is -2.30. The van der Waals surface area contributed by atoms with Crippen molar-refractivity contribution >= 4 is 5.78 Å². The molecule has 19 heavy (non-hydrogen) atoms. The van der Waals surface area contributed by atoms with Gasteiger partial charge in [-0.2, -0.15) is 0 Å². The number of pyridine rings is 1. The molecular formula is C16H22N2O. The summed E-state index contributed by atoms with van der Waals surface area (Å²) in [6, 6.07) is 4.41. The molecule has 1 aromatic rings. The Morgan fingerprint density at radius 1 is 1.21 bits per heavy atom. The van der Waals surface area contributed by atoms with Gasteiger partial charge in [0.1, 0.15) is 5.78 Å². The molecule has 2 N–H and O–H groups in total. The molecule has 0 bridgehead atoms. The highest BCUT2D eigenvalue weighted by Crippen LogP contribution is 2.36. The maximum absolute atomic E-state index is 12.7. The summed E-state index contributed by atoms with van der Waals surface area (Å²) in [6.45, 7) is 0. The fraction of sp³-hybridized carbons (Fsp3) is 0.625. The van der Waals surface area contributed by atoms with E-state index < -0.39 is 0 Å². The summed E-state index contributed by atoms with van der Waals surface area (Å²) in [5, 5.41) is 0. The smallest absolute Gasteiger partial charge is 0.144 e. The normalized spacial score (nSPS) is 30.7. The van der Waals surface area contributed by atoms with Gasteiger partial charge in [-0.1, -0.05) is 6.07 Å². The largest absolute Gasteiger partial charge is 0.328 e. The summed E-state index contributed by atoms with van der Waals surface area (Å²) >= 11 is 0. The van der Waals surface area contributed by atoms with E-state index in [9.17, 15) is 4.79 Å². The lowest BCUT2D eigenvalue weighted by atomic mass is 9.75. The number of rotatable bonds is 2. The number of nitrogens with zero attached hydrogens (tertiary/aromatic N) is 1. The van der Waals surface area contributed by atoms with Crippen LogP contribution < -0.4 is 5.73 Å².